The molecule has 2 aromatic heterocycles. The van der Waals surface area contributed by atoms with Gasteiger partial charge < -0.3 is 14.6 Å². The summed E-state index contributed by atoms with van der Waals surface area (Å²) in [6.45, 7) is 3.58. The molecule has 0 aliphatic carbocycles. The van der Waals surface area contributed by atoms with E-state index in [1.807, 2.05) is 36.4 Å². The van der Waals surface area contributed by atoms with Crippen molar-refractivity contribution in [1.82, 2.24) is 9.97 Å². The first-order valence-corrected chi connectivity index (χ1v) is 11.2. The van der Waals surface area contributed by atoms with Crippen molar-refractivity contribution in [2.75, 3.05) is 24.2 Å². The van der Waals surface area contributed by atoms with Gasteiger partial charge in [-0.2, -0.15) is 0 Å². The molecule has 0 bridgehead atoms. The van der Waals surface area contributed by atoms with Gasteiger partial charge in [0.2, 0.25) is 5.91 Å². The smallest absolute Gasteiger partial charge is 0.234 e. The van der Waals surface area contributed by atoms with E-state index in [2.05, 4.69) is 27.4 Å². The molecule has 1 aliphatic heterocycles. The molecular formula is C23H23N4O2S+. The number of aromatic nitrogens is 2. The van der Waals surface area contributed by atoms with Crippen LogP contribution < -0.4 is 10.2 Å². The number of thioether (sulfide) groups is 1. The number of likely N-dealkylation sites (tertiary alicyclic amines) is 1. The van der Waals surface area contributed by atoms with Crippen LogP contribution in [-0.4, -0.2) is 34.7 Å². The summed E-state index contributed by atoms with van der Waals surface area (Å²) in [6.07, 6.45) is 4.17. The van der Waals surface area contributed by atoms with Crippen LogP contribution in [0.5, 0.6) is 0 Å². The van der Waals surface area contributed by atoms with Crippen LogP contribution in [0.3, 0.4) is 0 Å². The lowest BCUT2D eigenvalue weighted by molar-refractivity contribution is -0.901. The molecule has 1 saturated heterocycles. The number of quaternary nitrogens is 1. The Morgan fingerprint density at radius 3 is 2.70 bits per heavy atom. The summed E-state index contributed by atoms with van der Waals surface area (Å²) in [6, 6.07) is 15.9. The van der Waals surface area contributed by atoms with Gasteiger partial charge in [0, 0.05) is 29.5 Å². The van der Waals surface area contributed by atoms with Crippen molar-refractivity contribution in [3.63, 3.8) is 0 Å². The van der Waals surface area contributed by atoms with E-state index < -0.39 is 0 Å². The minimum Gasteiger partial charge on any atom is -0.451 e. The predicted octanol–water partition coefficient (Wildman–Crippen LogP) is 3.29. The molecule has 1 fully saturated rings. The molecule has 1 aliphatic rings. The molecule has 5 rings (SSSR count). The van der Waals surface area contributed by atoms with Gasteiger partial charge in [-0.1, -0.05) is 36.0 Å². The van der Waals surface area contributed by atoms with E-state index in [1.54, 1.807) is 4.90 Å². The number of para-hydroxylation sites is 1. The summed E-state index contributed by atoms with van der Waals surface area (Å²) in [5.41, 5.74) is 4.31. The highest BCUT2D eigenvalue weighted by Crippen LogP contribution is 2.32. The number of carbonyl (C=O) groups is 1. The number of amides is 1. The maximum Gasteiger partial charge on any atom is 0.234 e. The fourth-order valence-corrected chi connectivity index (χ4v) is 4.71. The molecule has 4 aromatic rings. The first-order valence-electron chi connectivity index (χ1n) is 10.2. The van der Waals surface area contributed by atoms with Gasteiger partial charge in [-0.3, -0.25) is 4.79 Å². The molecule has 152 valence electrons. The maximum absolute atomic E-state index is 12.4. The summed E-state index contributed by atoms with van der Waals surface area (Å²) in [5, 5.41) is 4.60. The van der Waals surface area contributed by atoms with E-state index >= 15 is 0 Å². The molecule has 0 saturated carbocycles. The third-order valence-corrected chi connectivity index (χ3v) is 6.44. The SMILES string of the molecule is O=C(CSc1ncnc2c1oc1ccccc12)Nc1ccc(C[NH+]2CCCC2)cc1. The fourth-order valence-electron chi connectivity index (χ4n) is 3.98. The largest absolute Gasteiger partial charge is 0.451 e. The topological polar surface area (TPSA) is 72.5 Å². The molecule has 30 heavy (non-hydrogen) atoms. The molecule has 0 radical (unpaired) electrons. The summed E-state index contributed by atoms with van der Waals surface area (Å²) in [7, 11) is 0. The predicted molar refractivity (Wildman–Crippen MR) is 119 cm³/mol. The van der Waals surface area contributed by atoms with Crippen LogP contribution in [0, 0.1) is 0 Å². The van der Waals surface area contributed by atoms with Gasteiger partial charge >= 0.3 is 0 Å². The molecule has 7 heteroatoms. The maximum atomic E-state index is 12.4. The Morgan fingerprint density at radius 1 is 1.07 bits per heavy atom. The normalized spacial score (nSPS) is 14.5. The van der Waals surface area contributed by atoms with Gasteiger partial charge in [0.15, 0.2) is 5.58 Å². The highest BCUT2D eigenvalue weighted by atomic mass is 32.2. The minimum absolute atomic E-state index is 0.0687. The number of furan rings is 1. The summed E-state index contributed by atoms with van der Waals surface area (Å²) in [5.74, 6) is 0.184. The lowest BCUT2D eigenvalue weighted by atomic mass is 10.2. The van der Waals surface area contributed by atoms with Gasteiger partial charge in [-0.05, 0) is 24.3 Å². The quantitative estimate of drug-likeness (QED) is 0.371. The molecule has 1 amide bonds. The monoisotopic (exact) mass is 419 g/mol. The molecule has 3 heterocycles. The Hall–Kier alpha value is -2.90. The lowest BCUT2D eigenvalue weighted by Gasteiger charge is -2.12. The van der Waals surface area contributed by atoms with Gasteiger partial charge in [0.1, 0.15) is 29.0 Å². The molecule has 0 unspecified atom stereocenters. The van der Waals surface area contributed by atoms with Crippen molar-refractivity contribution in [3.8, 4) is 0 Å². The van der Waals surface area contributed by atoms with Crippen molar-refractivity contribution in [2.24, 2.45) is 0 Å². The van der Waals surface area contributed by atoms with E-state index in [0.717, 1.165) is 28.7 Å². The molecule has 2 N–H and O–H groups in total. The third kappa shape index (κ3) is 4.04. The standard InChI is InChI=1S/C23H22N4O2S/c28-20(26-17-9-7-16(8-10-17)13-27-11-3-4-12-27)14-30-23-22-21(24-15-25-23)18-5-1-2-6-19(18)29-22/h1-2,5-10,15H,3-4,11-14H2,(H,26,28)/p+1. The zero-order valence-corrected chi connectivity index (χ0v) is 17.4. The van der Waals surface area contributed by atoms with Crippen LogP contribution in [0.2, 0.25) is 0 Å². The third-order valence-electron chi connectivity index (χ3n) is 5.47. The molecule has 0 atom stereocenters. The zero-order chi connectivity index (χ0) is 20.3. The van der Waals surface area contributed by atoms with Crippen LogP contribution in [0.15, 0.2) is 64.3 Å². The van der Waals surface area contributed by atoms with E-state index in [4.69, 9.17) is 4.42 Å². The second-order valence-electron chi connectivity index (χ2n) is 7.62. The number of hydrogen-bond acceptors (Lipinski definition) is 5. The number of anilines is 1. The minimum atomic E-state index is -0.0687. The number of benzene rings is 2. The Bertz CT molecular complexity index is 1180. The Labute approximate surface area is 178 Å². The zero-order valence-electron chi connectivity index (χ0n) is 16.6. The second-order valence-corrected chi connectivity index (χ2v) is 8.59. The summed E-state index contributed by atoms with van der Waals surface area (Å²) in [4.78, 5) is 22.8. The number of hydrogen-bond donors (Lipinski definition) is 2. The second kappa shape index (κ2) is 8.45. The average Bonchev–Trinajstić information content (AvgIpc) is 3.41. The first kappa shape index (κ1) is 19.1. The Morgan fingerprint density at radius 2 is 1.87 bits per heavy atom. The molecule has 6 nitrogen and oxygen atoms in total. The number of nitrogens with zero attached hydrogens (tertiary/aromatic N) is 2. The first-order chi connectivity index (χ1) is 14.8. The van der Waals surface area contributed by atoms with E-state index in [9.17, 15) is 4.79 Å². The van der Waals surface area contributed by atoms with Crippen molar-refractivity contribution < 1.29 is 14.1 Å². The van der Waals surface area contributed by atoms with E-state index in [-0.39, 0.29) is 11.7 Å². The number of fused-ring (bicyclic) bond motifs is 3. The van der Waals surface area contributed by atoms with E-state index in [1.165, 1.54) is 49.6 Å². The highest BCUT2D eigenvalue weighted by Gasteiger charge is 2.16. The summed E-state index contributed by atoms with van der Waals surface area (Å²) < 4.78 is 5.92. The van der Waals surface area contributed by atoms with Crippen LogP contribution in [0.1, 0.15) is 18.4 Å². The number of rotatable bonds is 6. The highest BCUT2D eigenvalue weighted by molar-refractivity contribution is 8.00. The van der Waals surface area contributed by atoms with Crippen LogP contribution in [0.25, 0.3) is 22.1 Å². The molecular weight excluding hydrogens is 396 g/mol. The summed E-state index contributed by atoms with van der Waals surface area (Å²) >= 11 is 1.36. The van der Waals surface area contributed by atoms with Gasteiger partial charge in [0.05, 0.1) is 18.8 Å². The Balaban J connectivity index is 1.22. The molecule has 0 spiro atoms. The number of nitrogens with one attached hydrogen (secondary N) is 2. The Kier molecular flexibility index (Phi) is 5.38. The van der Waals surface area contributed by atoms with Crippen LogP contribution >= 0.6 is 11.8 Å². The average molecular weight is 420 g/mol. The van der Waals surface area contributed by atoms with Gasteiger partial charge in [-0.15, -0.1) is 0 Å². The lowest BCUT2D eigenvalue weighted by Crippen LogP contribution is -3.08. The van der Waals surface area contributed by atoms with Crippen molar-refractivity contribution >= 4 is 45.4 Å². The van der Waals surface area contributed by atoms with Crippen LogP contribution in [-0.2, 0) is 11.3 Å². The fraction of sp³-hybridized carbons (Fsp3) is 0.261. The van der Waals surface area contributed by atoms with Crippen molar-refractivity contribution in [1.29, 1.82) is 0 Å². The van der Waals surface area contributed by atoms with Crippen molar-refractivity contribution in [3.05, 3.63) is 60.4 Å². The van der Waals surface area contributed by atoms with Crippen LogP contribution in [0.4, 0.5) is 5.69 Å². The number of carbonyl (C=O) groups excluding carboxylic acids is 1. The molecule has 2 aromatic carbocycles. The van der Waals surface area contributed by atoms with E-state index in [0.29, 0.717) is 10.6 Å². The van der Waals surface area contributed by atoms with Gasteiger partial charge in [-0.25, -0.2) is 9.97 Å². The van der Waals surface area contributed by atoms with Crippen molar-refractivity contribution in [2.45, 2.75) is 24.4 Å². The van der Waals surface area contributed by atoms with Gasteiger partial charge in [0.25, 0.3) is 0 Å².